The van der Waals surface area contributed by atoms with Crippen LogP contribution >= 0.6 is 0 Å². The Hall–Kier alpha value is -2.24. The number of carbonyl (C=O) groups excluding carboxylic acids is 1. The zero-order valence-corrected chi connectivity index (χ0v) is 22.2. The molecule has 9 nitrogen and oxygen atoms in total. The molecule has 0 saturated heterocycles. The highest BCUT2D eigenvalue weighted by atomic mass is 16.4. The summed E-state index contributed by atoms with van der Waals surface area (Å²) < 4.78 is 0. The van der Waals surface area contributed by atoms with Gasteiger partial charge in [0.1, 0.15) is 0 Å². The molecule has 9 heteroatoms. The Morgan fingerprint density at radius 2 is 1.00 bits per heavy atom. The summed E-state index contributed by atoms with van der Waals surface area (Å²) in [5.41, 5.74) is 16.1. The Bertz CT molecular complexity index is 578. The summed E-state index contributed by atoms with van der Waals surface area (Å²) in [6.45, 7) is 2.86. The van der Waals surface area contributed by atoms with E-state index in [2.05, 4.69) is 27.0 Å². The molecule has 1 N–H and O–H groups in total. The maximum absolute atomic E-state index is 10.9. The molecular weight excluding hydrogens is 444 g/mol. The predicted octanol–water partition coefficient (Wildman–Crippen LogP) is 9.81. The van der Waals surface area contributed by atoms with Crippen LogP contribution in [0.2, 0.25) is 0 Å². The lowest BCUT2D eigenvalue weighted by atomic mass is 10.1. The number of rotatable bonds is 24. The van der Waals surface area contributed by atoms with Gasteiger partial charge in [0, 0.05) is 29.2 Å². The van der Waals surface area contributed by atoms with Crippen LogP contribution < -0.4 is 0 Å². The molecule has 0 aromatic carbocycles. The summed E-state index contributed by atoms with van der Waals surface area (Å²) in [5.74, 6) is -1.02. The highest BCUT2D eigenvalue weighted by Gasteiger charge is 1.98. The first-order valence-electron chi connectivity index (χ1n) is 13.9. The molecule has 0 aliphatic carbocycles. The maximum atomic E-state index is 10.9. The Morgan fingerprint density at radius 1 is 0.600 bits per heavy atom. The van der Waals surface area contributed by atoms with Gasteiger partial charge in [-0.15, -0.1) is 0 Å². The van der Waals surface area contributed by atoms with E-state index in [9.17, 15) is 9.59 Å². The van der Waals surface area contributed by atoms with Crippen molar-refractivity contribution in [2.45, 2.75) is 148 Å². The van der Waals surface area contributed by atoms with Gasteiger partial charge in [-0.3, -0.25) is 9.59 Å². The number of amides is 1. The van der Waals surface area contributed by atoms with E-state index < -0.39 is 5.97 Å². The molecule has 0 aromatic heterocycles. The van der Waals surface area contributed by atoms with E-state index in [1.165, 1.54) is 83.5 Å². The lowest BCUT2D eigenvalue weighted by Gasteiger charge is -2.01. The van der Waals surface area contributed by atoms with Crippen molar-refractivity contribution >= 4 is 11.9 Å². The highest BCUT2D eigenvalue weighted by molar-refractivity contribution is 5.76. The summed E-state index contributed by atoms with van der Waals surface area (Å²) in [5, 5.41) is 15.0. The van der Waals surface area contributed by atoms with Crippen LogP contribution in [0.4, 0.5) is 0 Å². The summed E-state index contributed by atoms with van der Waals surface area (Å²) in [7, 11) is 0. The van der Waals surface area contributed by atoms with Crippen LogP contribution in [0.15, 0.2) is 10.2 Å². The molecular formula is C26H50N6O3. The largest absolute Gasteiger partial charge is 0.481 e. The molecule has 0 heterocycles. The Labute approximate surface area is 212 Å². The van der Waals surface area contributed by atoms with Crippen LogP contribution in [0, 0.1) is 0 Å². The van der Waals surface area contributed by atoms with Crippen LogP contribution in [0.3, 0.4) is 0 Å². The van der Waals surface area contributed by atoms with Gasteiger partial charge in [0.15, 0.2) is 0 Å². The van der Waals surface area contributed by atoms with Crippen molar-refractivity contribution in [1.82, 2.24) is 0 Å². The first-order valence-corrected chi connectivity index (χ1v) is 13.9. The average molecular weight is 495 g/mol. The van der Waals surface area contributed by atoms with Crippen molar-refractivity contribution in [1.29, 1.82) is 0 Å². The minimum atomic E-state index is -0.690. The van der Waals surface area contributed by atoms with Gasteiger partial charge in [0.05, 0.1) is 0 Å². The molecule has 0 aromatic rings. The number of aliphatic carboxylic acids is 1. The van der Waals surface area contributed by atoms with Gasteiger partial charge in [0.25, 0.3) is 0 Å². The molecule has 0 spiro atoms. The Kier molecular flexibility index (Phi) is 31.7. The zero-order valence-electron chi connectivity index (χ0n) is 22.2. The normalized spacial score (nSPS) is 9.97. The second-order valence-electron chi connectivity index (χ2n) is 9.15. The number of hydrogen-bond acceptors (Lipinski definition) is 3. The molecule has 0 saturated carbocycles. The van der Waals surface area contributed by atoms with E-state index in [-0.39, 0.29) is 5.91 Å². The van der Waals surface area contributed by atoms with Crippen LogP contribution in [-0.2, 0) is 9.59 Å². The van der Waals surface area contributed by atoms with E-state index in [1.54, 1.807) is 0 Å². The number of unbranched alkanes of at least 4 members (excludes halogenated alkanes) is 18. The fraction of sp³-hybridized carbons (Fsp3) is 0.923. The molecule has 0 bridgehead atoms. The minimum Gasteiger partial charge on any atom is -0.481 e. The number of hydrogen-bond donors (Lipinski definition) is 1. The van der Waals surface area contributed by atoms with Gasteiger partial charge in [-0.25, -0.2) is 0 Å². The van der Waals surface area contributed by atoms with Crippen molar-refractivity contribution in [3.63, 3.8) is 0 Å². The Morgan fingerprint density at radius 3 is 1.40 bits per heavy atom. The second kappa shape index (κ2) is 31.8. The van der Waals surface area contributed by atoms with Crippen molar-refractivity contribution in [2.75, 3.05) is 6.54 Å². The minimum absolute atomic E-state index is 0.305. The van der Waals surface area contributed by atoms with Crippen LogP contribution in [0.1, 0.15) is 148 Å². The second-order valence-corrected chi connectivity index (χ2v) is 9.15. The molecule has 0 rings (SSSR count). The summed E-state index contributed by atoms with van der Waals surface area (Å²) >= 11 is 0. The van der Waals surface area contributed by atoms with Crippen molar-refractivity contribution in [3.8, 4) is 0 Å². The molecule has 0 atom stereocenters. The van der Waals surface area contributed by atoms with Gasteiger partial charge >= 0.3 is 5.97 Å². The maximum Gasteiger partial charge on any atom is 0.303 e. The number of nitrogens with zero attached hydrogens (tertiary/aromatic N) is 6. The third kappa shape index (κ3) is 36.5. The summed E-state index contributed by atoms with van der Waals surface area (Å²) in [6, 6.07) is 0. The molecule has 1 amide bonds. The van der Waals surface area contributed by atoms with Gasteiger partial charge < -0.3 is 5.11 Å². The van der Waals surface area contributed by atoms with E-state index in [4.69, 9.17) is 16.2 Å². The quantitative estimate of drug-likeness (QED) is 0.0614. The van der Waals surface area contributed by atoms with E-state index in [1.807, 2.05) is 0 Å². The van der Waals surface area contributed by atoms with E-state index in [0.29, 0.717) is 19.4 Å². The third-order valence-corrected chi connectivity index (χ3v) is 5.86. The van der Waals surface area contributed by atoms with E-state index >= 15 is 0 Å². The lowest BCUT2D eigenvalue weighted by Crippen LogP contribution is -1.93. The molecule has 0 unspecified atom stereocenters. The SMILES string of the molecule is CCCCCCCCCCCCCC(=O)N=[N+]=[N-].[N-]=[N+]=NCCCCCCCCCCCC(=O)O. The monoisotopic (exact) mass is 494 g/mol. The molecule has 202 valence electrons. The first kappa shape index (κ1) is 34.9. The molecule has 0 fully saturated rings. The van der Waals surface area contributed by atoms with Gasteiger partial charge in [-0.2, -0.15) is 0 Å². The van der Waals surface area contributed by atoms with Crippen LogP contribution in [0.5, 0.6) is 0 Å². The Balaban J connectivity index is 0. The predicted molar refractivity (Wildman–Crippen MR) is 143 cm³/mol. The smallest absolute Gasteiger partial charge is 0.303 e. The number of carboxylic acid groups (broad SMARTS) is 1. The topological polar surface area (TPSA) is 152 Å². The summed E-state index contributed by atoms with van der Waals surface area (Å²) in [4.78, 5) is 26.3. The highest BCUT2D eigenvalue weighted by Crippen LogP contribution is 2.12. The standard InChI is InChI=1S/C14H27N3O.C12H23N3O2/c1-2-3-4-5-6-7-8-9-10-11-12-13-14(18)16-17-15;13-15-14-11-9-7-5-3-1-2-4-6-8-10-12(16)17/h2-13H2,1H3;1-11H2,(H,16,17). The lowest BCUT2D eigenvalue weighted by molar-refractivity contribution is -0.137. The van der Waals surface area contributed by atoms with Crippen LogP contribution in [-0.4, -0.2) is 23.5 Å². The molecule has 0 aliphatic rings. The van der Waals surface area contributed by atoms with Crippen molar-refractivity contribution in [3.05, 3.63) is 20.9 Å². The third-order valence-electron chi connectivity index (χ3n) is 5.86. The molecule has 0 radical (unpaired) electrons. The van der Waals surface area contributed by atoms with Crippen molar-refractivity contribution in [2.24, 2.45) is 10.2 Å². The fourth-order valence-electron chi connectivity index (χ4n) is 3.78. The first-order chi connectivity index (χ1) is 17.1. The average Bonchev–Trinajstić information content (AvgIpc) is 2.83. The number of carbonyl (C=O) groups is 2. The van der Waals surface area contributed by atoms with Gasteiger partial charge in [0.2, 0.25) is 5.91 Å². The number of carboxylic acids is 1. The fourth-order valence-corrected chi connectivity index (χ4v) is 3.78. The van der Waals surface area contributed by atoms with E-state index in [0.717, 1.165) is 44.9 Å². The van der Waals surface area contributed by atoms with Crippen LogP contribution in [0.25, 0.3) is 20.9 Å². The number of azide groups is 2. The van der Waals surface area contributed by atoms with Gasteiger partial charge in [-0.1, -0.05) is 121 Å². The summed E-state index contributed by atoms with van der Waals surface area (Å²) in [6.07, 6.45) is 24.6. The zero-order chi connectivity index (χ0) is 26.2. The van der Waals surface area contributed by atoms with Gasteiger partial charge in [-0.05, 0) is 35.4 Å². The molecule has 0 aliphatic heterocycles. The molecule has 35 heavy (non-hydrogen) atoms. The van der Waals surface area contributed by atoms with Crippen molar-refractivity contribution < 1.29 is 14.7 Å².